The van der Waals surface area contributed by atoms with E-state index in [-0.39, 0.29) is 0 Å². The van der Waals surface area contributed by atoms with Gasteiger partial charge in [-0.2, -0.15) is 0 Å². The van der Waals surface area contributed by atoms with Gasteiger partial charge in [-0.05, 0) is 101 Å². The minimum Gasteiger partial charge on any atom is -0.248 e. The second-order valence-electron chi connectivity index (χ2n) is 14.6. The van der Waals surface area contributed by atoms with Gasteiger partial charge < -0.3 is 0 Å². The average molecular weight is 726 g/mol. The fourth-order valence-corrected chi connectivity index (χ4v) is 8.49. The Bertz CT molecular complexity index is 3210. The topological polar surface area (TPSA) is 12.9 Å². The van der Waals surface area contributed by atoms with Crippen molar-refractivity contribution in [2.75, 3.05) is 0 Å². The summed E-state index contributed by atoms with van der Waals surface area (Å²) in [5, 5.41) is 11.1. The van der Waals surface area contributed by atoms with Gasteiger partial charge in [-0.3, -0.25) is 0 Å². The van der Waals surface area contributed by atoms with Gasteiger partial charge >= 0.3 is 0 Å². The Morgan fingerprint density at radius 3 is 1.63 bits per heavy atom. The van der Waals surface area contributed by atoms with Crippen molar-refractivity contribution >= 4 is 61.4 Å². The Morgan fingerprint density at radius 2 is 0.965 bits per heavy atom. The number of nitrogens with zero attached hydrogens (tertiary/aromatic N) is 1. The summed E-state index contributed by atoms with van der Waals surface area (Å²) >= 11 is 0. The minimum absolute atomic E-state index is 0.979. The number of fused-ring (bicyclic) bond motifs is 5. The Kier molecular flexibility index (Phi) is 8.82. The van der Waals surface area contributed by atoms with E-state index in [0.29, 0.717) is 0 Å². The first-order valence-electron chi connectivity index (χ1n) is 19.7. The van der Waals surface area contributed by atoms with Gasteiger partial charge in [-0.15, -0.1) is 0 Å². The molecule has 0 aliphatic heterocycles. The van der Waals surface area contributed by atoms with Crippen molar-refractivity contribution in [1.29, 1.82) is 0 Å². The number of benzene rings is 9. The molecule has 0 spiro atoms. The highest BCUT2D eigenvalue weighted by molar-refractivity contribution is 6.18. The van der Waals surface area contributed by atoms with Gasteiger partial charge in [0.05, 0.1) is 11.2 Å². The molecule has 0 radical (unpaired) electrons. The normalized spacial score (nSPS) is 12.4. The van der Waals surface area contributed by atoms with Gasteiger partial charge in [0.25, 0.3) is 0 Å². The third-order valence-corrected chi connectivity index (χ3v) is 11.3. The molecule has 0 aliphatic rings. The van der Waals surface area contributed by atoms with E-state index < -0.39 is 0 Å². The standard InChI is InChI=1S/C56H39N/c1-2-38-15-6-7-16-39(38)20-14-26-47-48-22-10-12-24-50(48)55(51-25-13-11-23-49(47)51)45-33-29-41(30-34-45)40-27-31-43(32-28-40)52-37-54(44-18-4-3-5-19-44)57-53-36-35-42-17-8-9-21-46(42)56(52)53/h2-37H,1H3/b26-14+,38-2-,39-20-. The van der Waals surface area contributed by atoms with Crippen LogP contribution in [0.2, 0.25) is 0 Å². The number of hydrogen-bond donors (Lipinski definition) is 0. The molecule has 0 saturated heterocycles. The van der Waals surface area contributed by atoms with E-state index in [0.717, 1.165) is 16.8 Å². The Labute approximate surface area is 332 Å². The molecule has 1 heterocycles. The van der Waals surface area contributed by atoms with E-state index in [1.54, 1.807) is 0 Å². The molecule has 0 atom stereocenters. The lowest BCUT2D eigenvalue weighted by atomic mass is 9.87. The molecule has 268 valence electrons. The third kappa shape index (κ3) is 6.30. The molecule has 10 aromatic rings. The fraction of sp³-hybridized carbons (Fsp3) is 0.0179. The molecule has 57 heavy (non-hydrogen) atoms. The number of allylic oxidation sites excluding steroid dienone is 1. The summed E-state index contributed by atoms with van der Waals surface area (Å²) in [5.41, 5.74) is 11.5. The fourth-order valence-electron chi connectivity index (χ4n) is 8.49. The van der Waals surface area contributed by atoms with Crippen LogP contribution in [0.5, 0.6) is 0 Å². The molecule has 0 unspecified atom stereocenters. The molecule has 0 amide bonds. The summed E-state index contributed by atoms with van der Waals surface area (Å²) in [5.74, 6) is 0. The second-order valence-corrected chi connectivity index (χ2v) is 14.6. The Hall–Kier alpha value is -7.35. The maximum Gasteiger partial charge on any atom is 0.0722 e. The van der Waals surface area contributed by atoms with Crippen LogP contribution < -0.4 is 10.4 Å². The van der Waals surface area contributed by atoms with Crippen LogP contribution in [0.25, 0.3) is 106 Å². The van der Waals surface area contributed by atoms with Crippen LogP contribution >= 0.6 is 0 Å². The highest BCUT2D eigenvalue weighted by atomic mass is 14.7. The molecule has 1 nitrogen and oxygen atoms in total. The van der Waals surface area contributed by atoms with Crippen molar-refractivity contribution in [3.05, 3.63) is 216 Å². The smallest absolute Gasteiger partial charge is 0.0722 e. The number of hydrogen-bond acceptors (Lipinski definition) is 1. The molecule has 0 bridgehead atoms. The van der Waals surface area contributed by atoms with Gasteiger partial charge in [0.2, 0.25) is 0 Å². The second kappa shape index (κ2) is 14.7. The van der Waals surface area contributed by atoms with E-state index in [9.17, 15) is 0 Å². The molecule has 0 saturated carbocycles. The van der Waals surface area contributed by atoms with Crippen molar-refractivity contribution in [3.8, 4) is 44.6 Å². The van der Waals surface area contributed by atoms with Crippen LogP contribution in [0.4, 0.5) is 0 Å². The van der Waals surface area contributed by atoms with E-state index in [2.05, 4.69) is 225 Å². The van der Waals surface area contributed by atoms with Crippen LogP contribution in [-0.2, 0) is 0 Å². The number of pyridine rings is 1. The van der Waals surface area contributed by atoms with Gasteiger partial charge in [-0.1, -0.05) is 206 Å². The van der Waals surface area contributed by atoms with Crippen LogP contribution in [0.15, 0.2) is 200 Å². The zero-order chi connectivity index (χ0) is 38.1. The Balaban J connectivity index is 1.04. The first-order valence-corrected chi connectivity index (χ1v) is 19.7. The minimum atomic E-state index is 0.979. The van der Waals surface area contributed by atoms with E-state index in [4.69, 9.17) is 4.98 Å². The zero-order valence-corrected chi connectivity index (χ0v) is 31.7. The summed E-state index contributed by atoms with van der Waals surface area (Å²) in [6.45, 7) is 2.09. The molecule has 10 rings (SSSR count). The predicted octanol–water partition coefficient (Wildman–Crippen LogP) is 13.7. The molecule has 1 aromatic heterocycles. The van der Waals surface area contributed by atoms with E-state index in [1.165, 1.54) is 87.1 Å². The zero-order valence-electron chi connectivity index (χ0n) is 31.7. The molecule has 0 N–H and O–H groups in total. The van der Waals surface area contributed by atoms with Crippen molar-refractivity contribution in [1.82, 2.24) is 4.98 Å². The third-order valence-electron chi connectivity index (χ3n) is 11.3. The molecule has 0 fully saturated rings. The lowest BCUT2D eigenvalue weighted by Crippen LogP contribution is -2.22. The molecule has 1 heteroatoms. The lowest BCUT2D eigenvalue weighted by molar-refractivity contribution is 1.40. The SMILES string of the molecule is C/C=c1/cccc/c1=C/C=C/c1c2ccccc2c(-c2ccc(-c3ccc(-c4cc(-c5ccccc5)nc5ccc6ccccc6c45)cc3)cc2)c2ccccc12. The van der Waals surface area contributed by atoms with Gasteiger partial charge in [0.15, 0.2) is 0 Å². The first kappa shape index (κ1) is 34.2. The summed E-state index contributed by atoms with van der Waals surface area (Å²) in [7, 11) is 0. The van der Waals surface area contributed by atoms with Crippen molar-refractivity contribution in [2.24, 2.45) is 0 Å². The number of aromatic nitrogens is 1. The number of rotatable bonds is 6. The predicted molar refractivity (Wildman–Crippen MR) is 245 cm³/mol. The summed E-state index contributed by atoms with van der Waals surface area (Å²) in [6.07, 6.45) is 8.83. The van der Waals surface area contributed by atoms with Gasteiger partial charge in [-0.25, -0.2) is 4.98 Å². The van der Waals surface area contributed by atoms with Gasteiger partial charge in [0.1, 0.15) is 0 Å². The highest BCUT2D eigenvalue weighted by Crippen LogP contribution is 2.41. The van der Waals surface area contributed by atoms with Crippen LogP contribution in [-0.4, -0.2) is 4.98 Å². The average Bonchev–Trinajstić information content (AvgIpc) is 3.29. The largest absolute Gasteiger partial charge is 0.248 e. The van der Waals surface area contributed by atoms with Crippen LogP contribution in [0, 0.1) is 0 Å². The summed E-state index contributed by atoms with van der Waals surface area (Å²) in [4.78, 5) is 5.15. The summed E-state index contributed by atoms with van der Waals surface area (Å²) in [6, 6.07) is 70.0. The molecular weight excluding hydrogens is 687 g/mol. The van der Waals surface area contributed by atoms with Crippen molar-refractivity contribution in [2.45, 2.75) is 6.92 Å². The molecule has 0 aliphatic carbocycles. The van der Waals surface area contributed by atoms with Gasteiger partial charge in [0, 0.05) is 10.9 Å². The maximum absolute atomic E-state index is 5.15. The Morgan fingerprint density at radius 1 is 0.421 bits per heavy atom. The monoisotopic (exact) mass is 725 g/mol. The molecular formula is C56H39N. The quantitative estimate of drug-likeness (QED) is 0.123. The van der Waals surface area contributed by atoms with Crippen LogP contribution in [0.1, 0.15) is 12.5 Å². The van der Waals surface area contributed by atoms with Crippen molar-refractivity contribution in [3.63, 3.8) is 0 Å². The van der Waals surface area contributed by atoms with Crippen molar-refractivity contribution < 1.29 is 0 Å². The highest BCUT2D eigenvalue weighted by Gasteiger charge is 2.15. The van der Waals surface area contributed by atoms with E-state index >= 15 is 0 Å². The van der Waals surface area contributed by atoms with E-state index in [1.807, 2.05) is 0 Å². The maximum atomic E-state index is 5.15. The molecule has 9 aromatic carbocycles. The first-order chi connectivity index (χ1) is 28.2. The van der Waals surface area contributed by atoms with Crippen LogP contribution in [0.3, 0.4) is 0 Å². The lowest BCUT2D eigenvalue weighted by Gasteiger charge is -2.16. The summed E-state index contributed by atoms with van der Waals surface area (Å²) < 4.78 is 0.